The highest BCUT2D eigenvalue weighted by Gasteiger charge is 2.37. The maximum absolute atomic E-state index is 13.6. The third-order valence-corrected chi connectivity index (χ3v) is 6.51. The lowest BCUT2D eigenvalue weighted by Crippen LogP contribution is -2.48. The monoisotopic (exact) mass is 494 g/mol. The van der Waals surface area contributed by atoms with E-state index >= 15 is 0 Å². The number of rotatable bonds is 7. The van der Waals surface area contributed by atoms with Crippen LogP contribution in [0.4, 0.5) is 13.3 Å². The van der Waals surface area contributed by atoms with Crippen molar-refractivity contribution in [1.82, 2.24) is 19.7 Å². The number of pyridine rings is 1. The molecule has 1 aromatic carbocycles. The zero-order valence-electron chi connectivity index (χ0n) is 18.5. The predicted molar refractivity (Wildman–Crippen MR) is 118 cm³/mol. The third kappa shape index (κ3) is 4.30. The summed E-state index contributed by atoms with van der Waals surface area (Å²) < 4.78 is 47.1. The molecule has 0 radical (unpaired) electrons. The van der Waals surface area contributed by atoms with E-state index in [0.29, 0.717) is 17.1 Å². The van der Waals surface area contributed by atoms with Gasteiger partial charge >= 0.3 is 0 Å². The van der Waals surface area contributed by atoms with E-state index in [1.54, 1.807) is 0 Å². The second-order valence-electron chi connectivity index (χ2n) is 8.12. The Morgan fingerprint density at radius 1 is 1.21 bits per heavy atom. The van der Waals surface area contributed by atoms with Gasteiger partial charge in [0, 0.05) is 36.8 Å². The summed E-state index contributed by atoms with van der Waals surface area (Å²) >= 11 is 1.04. The summed E-state index contributed by atoms with van der Waals surface area (Å²) in [4.78, 5) is 31.6. The van der Waals surface area contributed by atoms with E-state index in [2.05, 4.69) is 15.1 Å². The summed E-state index contributed by atoms with van der Waals surface area (Å²) in [6, 6.07) is 2.90. The molecular weight excluding hydrogens is 473 g/mol. The molecular formula is C22H21F3N4O4S. The largest absolute Gasteiger partial charge is 0.382 e. The van der Waals surface area contributed by atoms with Crippen molar-refractivity contribution in [3.05, 3.63) is 62.5 Å². The number of carbonyl (C=O) groups excluding carboxylic acids is 1. The van der Waals surface area contributed by atoms with Gasteiger partial charge in [0.2, 0.25) is 11.2 Å². The molecule has 0 bridgehead atoms. The topological polar surface area (TPSA) is 86.5 Å². The molecule has 0 spiro atoms. The van der Waals surface area contributed by atoms with Gasteiger partial charge in [-0.05, 0) is 31.5 Å². The fourth-order valence-corrected chi connectivity index (χ4v) is 4.77. The van der Waals surface area contributed by atoms with Crippen LogP contribution in [-0.2, 0) is 11.2 Å². The summed E-state index contributed by atoms with van der Waals surface area (Å²) in [5.41, 5.74) is -0.586. The van der Waals surface area contributed by atoms with Gasteiger partial charge in [-0.15, -0.1) is 10.2 Å². The molecule has 3 heterocycles. The zero-order valence-corrected chi connectivity index (χ0v) is 19.4. The normalized spacial score (nSPS) is 15.7. The summed E-state index contributed by atoms with van der Waals surface area (Å²) in [5, 5.41) is 8.65. The van der Waals surface area contributed by atoms with Gasteiger partial charge in [0.25, 0.3) is 5.91 Å². The Kier molecular flexibility index (Phi) is 6.71. The van der Waals surface area contributed by atoms with Gasteiger partial charge in [-0.2, -0.15) is 0 Å². The fourth-order valence-electron chi connectivity index (χ4n) is 3.89. The minimum Gasteiger partial charge on any atom is -0.382 e. The van der Waals surface area contributed by atoms with Crippen LogP contribution in [0.15, 0.2) is 29.2 Å². The van der Waals surface area contributed by atoms with Gasteiger partial charge in [0.05, 0.1) is 18.2 Å². The van der Waals surface area contributed by atoms with E-state index in [-0.39, 0.29) is 35.3 Å². The van der Waals surface area contributed by atoms with Gasteiger partial charge < -0.3 is 14.2 Å². The van der Waals surface area contributed by atoms with Crippen molar-refractivity contribution in [3.63, 3.8) is 0 Å². The first kappa shape index (κ1) is 23.9. The predicted octanol–water partition coefficient (Wildman–Crippen LogP) is 3.55. The lowest BCUT2D eigenvalue weighted by Gasteiger charge is -2.38. The lowest BCUT2D eigenvalue weighted by molar-refractivity contribution is -0.0119. The highest BCUT2D eigenvalue weighted by atomic mass is 32.1. The standard InChI is InChI=1S/C22H21F3N4O4S/c1-11(2)28-8-13(10-32-3)29-9-14(19(30)20(33-25)18(29)22(28)31)21-27-26-17(34-21)7-12-4-5-15(23)16(24)6-12/h4-6,9,11,13H,7-8,10H2,1-3H3/t13-/m1/s1. The zero-order chi connectivity index (χ0) is 24.6. The van der Waals surface area contributed by atoms with Gasteiger partial charge in [0.15, 0.2) is 22.3 Å². The van der Waals surface area contributed by atoms with Crippen molar-refractivity contribution >= 4 is 17.2 Å². The molecule has 0 unspecified atom stereocenters. The smallest absolute Gasteiger partial charge is 0.275 e. The number of hydrogen-bond acceptors (Lipinski definition) is 7. The molecule has 8 nitrogen and oxygen atoms in total. The Hall–Kier alpha value is -3.25. The maximum Gasteiger partial charge on any atom is 0.275 e. The summed E-state index contributed by atoms with van der Waals surface area (Å²) in [7, 11) is 1.50. The average molecular weight is 494 g/mol. The quantitative estimate of drug-likeness (QED) is 0.499. The SMILES string of the molecule is COC[C@H]1CN(C(C)C)C(=O)c2c(OF)c(=O)c(-c3nnc(Cc4ccc(F)c(F)c4)s3)cn21. The van der Waals surface area contributed by atoms with Gasteiger partial charge in [-0.1, -0.05) is 17.4 Å². The Morgan fingerprint density at radius 2 is 1.97 bits per heavy atom. The molecule has 0 fully saturated rings. The van der Waals surface area contributed by atoms with Crippen LogP contribution in [0.5, 0.6) is 5.75 Å². The molecule has 1 aliphatic heterocycles. The number of aromatic nitrogens is 3. The first-order valence-electron chi connectivity index (χ1n) is 10.4. The minimum atomic E-state index is -0.982. The van der Waals surface area contributed by atoms with Crippen molar-refractivity contribution in [2.45, 2.75) is 32.4 Å². The van der Waals surface area contributed by atoms with Crippen molar-refractivity contribution in [3.8, 4) is 16.3 Å². The first-order valence-corrected chi connectivity index (χ1v) is 11.2. The highest BCUT2D eigenvalue weighted by Crippen LogP contribution is 2.32. The Balaban J connectivity index is 1.77. The van der Waals surface area contributed by atoms with E-state index in [0.717, 1.165) is 23.5 Å². The van der Waals surface area contributed by atoms with Crippen LogP contribution < -0.4 is 10.4 Å². The summed E-state index contributed by atoms with van der Waals surface area (Å²) in [6.45, 7) is 4.13. The summed E-state index contributed by atoms with van der Waals surface area (Å²) in [5.74, 6) is -3.20. The molecule has 3 aromatic rings. The second-order valence-corrected chi connectivity index (χ2v) is 9.18. The number of methoxy groups -OCH3 is 1. The van der Waals surface area contributed by atoms with E-state index in [9.17, 15) is 22.9 Å². The number of ether oxygens (including phenoxy) is 1. The molecule has 12 heteroatoms. The molecule has 4 rings (SSSR count). The minimum absolute atomic E-state index is 0.00247. The number of nitrogens with zero attached hydrogens (tertiary/aromatic N) is 4. The van der Waals surface area contributed by atoms with Gasteiger partial charge in [-0.25, -0.2) is 8.78 Å². The Labute approximate surface area is 196 Å². The van der Waals surface area contributed by atoms with Crippen LogP contribution in [0.25, 0.3) is 10.6 Å². The van der Waals surface area contributed by atoms with Crippen LogP contribution in [0.2, 0.25) is 0 Å². The molecule has 1 aliphatic rings. The molecule has 0 N–H and O–H groups in total. The maximum atomic E-state index is 13.6. The Morgan fingerprint density at radius 3 is 2.62 bits per heavy atom. The number of halogens is 3. The molecule has 180 valence electrons. The third-order valence-electron chi connectivity index (χ3n) is 5.55. The molecule has 1 atom stereocenters. The number of hydrogen-bond donors (Lipinski definition) is 0. The molecule has 0 aliphatic carbocycles. The lowest BCUT2D eigenvalue weighted by atomic mass is 10.1. The molecule has 2 aromatic heterocycles. The van der Waals surface area contributed by atoms with E-state index in [1.165, 1.54) is 28.8 Å². The van der Waals surface area contributed by atoms with Crippen molar-refractivity contribution < 1.29 is 27.8 Å². The van der Waals surface area contributed by atoms with E-state index in [4.69, 9.17) is 4.74 Å². The number of benzene rings is 1. The van der Waals surface area contributed by atoms with Crippen LogP contribution in [0.3, 0.4) is 0 Å². The van der Waals surface area contributed by atoms with Crippen LogP contribution in [0, 0.1) is 11.6 Å². The van der Waals surface area contributed by atoms with Crippen LogP contribution in [0.1, 0.15) is 40.9 Å². The van der Waals surface area contributed by atoms with Crippen LogP contribution in [-0.4, -0.2) is 51.9 Å². The first-order chi connectivity index (χ1) is 16.2. The highest BCUT2D eigenvalue weighted by molar-refractivity contribution is 7.14. The summed E-state index contributed by atoms with van der Waals surface area (Å²) in [6.07, 6.45) is 1.59. The van der Waals surface area contributed by atoms with Crippen LogP contribution >= 0.6 is 11.3 Å². The van der Waals surface area contributed by atoms with Gasteiger partial charge in [0.1, 0.15) is 5.01 Å². The second kappa shape index (κ2) is 9.55. The van der Waals surface area contributed by atoms with Gasteiger partial charge in [-0.3, -0.25) is 14.5 Å². The molecule has 0 saturated carbocycles. The fraction of sp³-hybridized carbons (Fsp3) is 0.364. The van der Waals surface area contributed by atoms with E-state index < -0.39 is 34.8 Å². The Bertz CT molecular complexity index is 1290. The number of amides is 1. The number of fused-ring (bicyclic) bond motifs is 1. The van der Waals surface area contributed by atoms with Crippen molar-refractivity contribution in [1.29, 1.82) is 0 Å². The number of carbonyl (C=O) groups is 1. The molecule has 0 saturated heterocycles. The van der Waals surface area contributed by atoms with E-state index in [1.807, 2.05) is 13.8 Å². The van der Waals surface area contributed by atoms with Crippen molar-refractivity contribution in [2.75, 3.05) is 20.3 Å². The molecule has 34 heavy (non-hydrogen) atoms. The van der Waals surface area contributed by atoms with Crippen molar-refractivity contribution in [2.24, 2.45) is 0 Å². The molecule has 1 amide bonds. The average Bonchev–Trinajstić information content (AvgIpc) is 3.25.